The van der Waals surface area contributed by atoms with Gasteiger partial charge in [0.05, 0.1) is 24.6 Å². The summed E-state index contributed by atoms with van der Waals surface area (Å²) in [4.78, 5) is 13.5. The summed E-state index contributed by atoms with van der Waals surface area (Å²) in [7, 11) is 0. The Morgan fingerprint density at radius 3 is 2.91 bits per heavy atom. The average molecular weight is 426 g/mol. The highest BCUT2D eigenvalue weighted by molar-refractivity contribution is 5.82. The van der Waals surface area contributed by atoms with Crippen LogP contribution in [0, 0.1) is 5.92 Å². The minimum Gasteiger partial charge on any atom is -0.317 e. The van der Waals surface area contributed by atoms with Gasteiger partial charge in [0.15, 0.2) is 5.65 Å². The van der Waals surface area contributed by atoms with Crippen LogP contribution < -0.4 is 5.32 Å². The second-order valence-corrected chi connectivity index (χ2v) is 8.35. The zero-order chi connectivity index (χ0) is 21.3. The first-order valence-electron chi connectivity index (χ1n) is 10.9. The van der Waals surface area contributed by atoms with E-state index in [9.17, 15) is 0 Å². The minimum atomic E-state index is 0.542. The molecule has 1 saturated heterocycles. The fourth-order valence-electron chi connectivity index (χ4n) is 4.33. The smallest absolute Gasteiger partial charge is 0.221 e. The van der Waals surface area contributed by atoms with Gasteiger partial charge >= 0.3 is 0 Å². The van der Waals surface area contributed by atoms with Crippen LogP contribution in [-0.4, -0.2) is 52.8 Å². The van der Waals surface area contributed by atoms with E-state index in [2.05, 4.69) is 55.1 Å². The van der Waals surface area contributed by atoms with E-state index < -0.39 is 0 Å². The maximum atomic E-state index is 4.83. The van der Waals surface area contributed by atoms with Crippen molar-refractivity contribution in [2.75, 3.05) is 13.1 Å². The Kier molecular flexibility index (Phi) is 4.80. The second-order valence-electron chi connectivity index (χ2n) is 8.35. The van der Waals surface area contributed by atoms with Gasteiger partial charge in [0.25, 0.3) is 0 Å². The van der Waals surface area contributed by atoms with Crippen LogP contribution in [0.2, 0.25) is 0 Å². The van der Waals surface area contributed by atoms with Crippen LogP contribution in [0.5, 0.6) is 0 Å². The molecule has 1 aromatic carbocycles. The Balaban J connectivity index is 1.26. The Bertz CT molecular complexity index is 1380. The molecule has 0 spiro atoms. The molecule has 9 heteroatoms. The van der Waals surface area contributed by atoms with Gasteiger partial charge in [-0.3, -0.25) is 9.67 Å². The number of rotatable bonds is 5. The van der Waals surface area contributed by atoms with Crippen LogP contribution in [-0.2, 0) is 13.1 Å². The molecule has 0 aliphatic carbocycles. The summed E-state index contributed by atoms with van der Waals surface area (Å²) in [6.07, 6.45) is 11.7. The largest absolute Gasteiger partial charge is 0.317 e. The summed E-state index contributed by atoms with van der Waals surface area (Å²) in [5, 5.41) is 18.7. The number of piperidine rings is 1. The van der Waals surface area contributed by atoms with Crippen molar-refractivity contribution in [3.63, 3.8) is 0 Å². The van der Waals surface area contributed by atoms with Crippen molar-refractivity contribution in [1.29, 1.82) is 0 Å². The summed E-state index contributed by atoms with van der Waals surface area (Å²) >= 11 is 0. The molecule has 1 aliphatic rings. The molecule has 5 heterocycles. The molecular weight excluding hydrogens is 402 g/mol. The molecule has 4 aromatic heterocycles. The summed E-state index contributed by atoms with van der Waals surface area (Å²) < 4.78 is 3.82. The quantitative estimate of drug-likeness (QED) is 0.462. The second kappa shape index (κ2) is 8.08. The molecule has 0 radical (unpaired) electrons. The number of nitrogens with zero attached hydrogens (tertiary/aromatic N) is 8. The van der Waals surface area contributed by atoms with E-state index in [1.54, 1.807) is 17.1 Å². The third-order valence-corrected chi connectivity index (χ3v) is 6.10. The Hall–Kier alpha value is -3.72. The Morgan fingerprint density at radius 2 is 1.97 bits per heavy atom. The molecule has 1 aliphatic heterocycles. The maximum absolute atomic E-state index is 4.83. The lowest BCUT2D eigenvalue weighted by Crippen LogP contribution is -2.29. The van der Waals surface area contributed by atoms with Crippen molar-refractivity contribution in [2.24, 2.45) is 5.92 Å². The molecule has 6 rings (SSSR count). The number of nitrogens with one attached hydrogen (secondary N) is 1. The highest BCUT2D eigenvalue weighted by atomic mass is 15.4. The van der Waals surface area contributed by atoms with E-state index >= 15 is 0 Å². The molecule has 1 N–H and O–H groups in total. The van der Waals surface area contributed by atoms with Crippen molar-refractivity contribution in [3.8, 4) is 11.3 Å². The average Bonchev–Trinajstić information content (AvgIpc) is 3.46. The zero-order valence-corrected chi connectivity index (χ0v) is 17.6. The summed E-state index contributed by atoms with van der Waals surface area (Å²) in [6.45, 7) is 3.69. The zero-order valence-electron chi connectivity index (χ0n) is 17.6. The Morgan fingerprint density at radius 1 is 1.03 bits per heavy atom. The minimum absolute atomic E-state index is 0.542. The van der Waals surface area contributed by atoms with Crippen molar-refractivity contribution >= 4 is 22.1 Å². The van der Waals surface area contributed by atoms with Crippen LogP contribution in [0.15, 0.2) is 55.2 Å². The van der Waals surface area contributed by atoms with E-state index in [0.29, 0.717) is 23.8 Å². The Labute approximate surface area is 184 Å². The van der Waals surface area contributed by atoms with Gasteiger partial charge < -0.3 is 5.32 Å². The van der Waals surface area contributed by atoms with Crippen molar-refractivity contribution in [2.45, 2.75) is 25.9 Å². The van der Waals surface area contributed by atoms with Gasteiger partial charge in [-0.25, -0.2) is 14.6 Å². The SMILES string of the molecule is c1cc2cc(Cn3nnc4ncc(-c5cnn(CC6CCNCC6)c5)nc43)ccc2cn1. The fraction of sp³-hybridized carbons (Fsp3) is 0.304. The number of hydrogen-bond donors (Lipinski definition) is 1. The number of benzene rings is 1. The standard InChI is InChI=1S/C23H23N9/c1-2-19-10-25-8-5-18(19)9-17(1)14-32-23-22(29-30-32)26-12-21(28-23)20-11-27-31(15-20)13-16-3-6-24-7-4-16/h1-2,5,8-12,15-16,24H,3-4,6-7,13-14H2. The molecule has 0 atom stereocenters. The van der Waals surface area contributed by atoms with Gasteiger partial charge in [-0.1, -0.05) is 17.3 Å². The van der Waals surface area contributed by atoms with Gasteiger partial charge in [0.1, 0.15) is 0 Å². The van der Waals surface area contributed by atoms with Gasteiger partial charge in [-0.15, -0.1) is 5.10 Å². The maximum Gasteiger partial charge on any atom is 0.221 e. The van der Waals surface area contributed by atoms with Crippen molar-refractivity contribution in [3.05, 3.63) is 60.8 Å². The van der Waals surface area contributed by atoms with E-state index in [4.69, 9.17) is 4.98 Å². The summed E-state index contributed by atoms with van der Waals surface area (Å²) in [6, 6.07) is 8.31. The van der Waals surface area contributed by atoms with Gasteiger partial charge in [-0.05, 0) is 54.9 Å². The predicted octanol–water partition coefficient (Wildman–Crippen LogP) is 2.68. The van der Waals surface area contributed by atoms with Crippen LogP contribution >= 0.6 is 0 Å². The molecule has 0 amide bonds. The number of pyridine rings is 1. The lowest BCUT2D eigenvalue weighted by Gasteiger charge is -2.22. The normalized spacial score (nSPS) is 15.0. The lowest BCUT2D eigenvalue weighted by molar-refractivity contribution is 0.321. The van der Waals surface area contributed by atoms with Crippen molar-refractivity contribution in [1.82, 2.24) is 45.0 Å². The van der Waals surface area contributed by atoms with E-state index in [1.165, 1.54) is 12.8 Å². The van der Waals surface area contributed by atoms with E-state index in [0.717, 1.165) is 47.2 Å². The van der Waals surface area contributed by atoms with Crippen molar-refractivity contribution < 1.29 is 0 Å². The van der Waals surface area contributed by atoms with Gasteiger partial charge in [0.2, 0.25) is 5.65 Å². The molecule has 9 nitrogen and oxygen atoms in total. The molecule has 0 saturated carbocycles. The van der Waals surface area contributed by atoms with Crippen LogP contribution in [0.4, 0.5) is 0 Å². The summed E-state index contributed by atoms with van der Waals surface area (Å²) in [5.41, 5.74) is 4.07. The fourth-order valence-corrected chi connectivity index (χ4v) is 4.33. The number of hydrogen-bond acceptors (Lipinski definition) is 7. The van der Waals surface area contributed by atoms with Crippen LogP contribution in [0.3, 0.4) is 0 Å². The van der Waals surface area contributed by atoms with Crippen LogP contribution in [0.25, 0.3) is 33.3 Å². The molecule has 0 unspecified atom stereocenters. The molecule has 0 bridgehead atoms. The number of aromatic nitrogens is 8. The molecule has 5 aromatic rings. The topological polar surface area (TPSA) is 99.2 Å². The highest BCUT2D eigenvalue weighted by Gasteiger charge is 2.15. The third kappa shape index (κ3) is 3.71. The van der Waals surface area contributed by atoms with Gasteiger partial charge in [0, 0.05) is 36.1 Å². The van der Waals surface area contributed by atoms with E-state index in [-0.39, 0.29) is 0 Å². The first-order valence-corrected chi connectivity index (χ1v) is 10.9. The first kappa shape index (κ1) is 19.0. The van der Waals surface area contributed by atoms with E-state index in [1.807, 2.05) is 23.1 Å². The van der Waals surface area contributed by atoms with Crippen LogP contribution in [0.1, 0.15) is 18.4 Å². The molecule has 1 fully saturated rings. The monoisotopic (exact) mass is 425 g/mol. The predicted molar refractivity (Wildman–Crippen MR) is 121 cm³/mol. The first-order chi connectivity index (χ1) is 15.8. The third-order valence-electron chi connectivity index (χ3n) is 6.10. The molecule has 32 heavy (non-hydrogen) atoms. The molecular formula is C23H23N9. The summed E-state index contributed by atoms with van der Waals surface area (Å²) in [5.74, 6) is 0.668. The number of fused-ring (bicyclic) bond motifs is 2. The van der Waals surface area contributed by atoms with Gasteiger partial charge in [-0.2, -0.15) is 5.10 Å². The molecule has 160 valence electrons. The lowest BCUT2D eigenvalue weighted by atomic mass is 9.98. The highest BCUT2D eigenvalue weighted by Crippen LogP contribution is 2.21.